The molecule has 2 heterocycles. The zero-order valence-corrected chi connectivity index (χ0v) is 18.6. The zero-order chi connectivity index (χ0) is 22.8. The van der Waals surface area contributed by atoms with E-state index in [0.29, 0.717) is 47.1 Å². The second-order valence-electron chi connectivity index (χ2n) is 8.21. The maximum absolute atomic E-state index is 13.7. The lowest BCUT2D eigenvalue weighted by Gasteiger charge is -2.34. The van der Waals surface area contributed by atoms with Gasteiger partial charge in [0.05, 0.1) is 25.5 Å². The first-order chi connectivity index (χ1) is 15.5. The Kier molecular flexibility index (Phi) is 6.19. The van der Waals surface area contributed by atoms with Gasteiger partial charge in [0.15, 0.2) is 11.5 Å². The van der Waals surface area contributed by atoms with Gasteiger partial charge in [-0.25, -0.2) is 4.90 Å². The van der Waals surface area contributed by atoms with Crippen LogP contribution in [-0.4, -0.2) is 55.7 Å². The van der Waals surface area contributed by atoms with Gasteiger partial charge in [0.25, 0.3) is 11.8 Å². The Morgan fingerprint density at radius 1 is 1.00 bits per heavy atom. The number of likely N-dealkylation sites (tertiary alicyclic amines) is 1. The number of carbonyl (C=O) groups excluding carboxylic acids is 2. The number of amides is 2. The highest BCUT2D eigenvalue weighted by Crippen LogP contribution is 2.39. The van der Waals surface area contributed by atoms with Crippen molar-refractivity contribution in [3.05, 3.63) is 59.3 Å². The molecule has 2 amide bonds. The summed E-state index contributed by atoms with van der Waals surface area (Å²) in [6.07, 6.45) is 1.75. The van der Waals surface area contributed by atoms with Gasteiger partial charge in [-0.3, -0.25) is 9.59 Å². The second-order valence-corrected chi connectivity index (χ2v) is 8.21. The topological polar surface area (TPSA) is 79.3 Å². The molecule has 1 unspecified atom stereocenters. The van der Waals surface area contributed by atoms with Crippen LogP contribution in [0.4, 0.5) is 5.69 Å². The Hall–Kier alpha value is -3.32. The van der Waals surface area contributed by atoms with Gasteiger partial charge in [-0.2, -0.15) is 0 Å². The summed E-state index contributed by atoms with van der Waals surface area (Å²) >= 11 is 0. The lowest BCUT2D eigenvalue weighted by Crippen LogP contribution is -2.40. The summed E-state index contributed by atoms with van der Waals surface area (Å²) in [5.41, 5.74) is 2.89. The quantitative estimate of drug-likeness (QED) is 0.702. The van der Waals surface area contributed by atoms with Gasteiger partial charge in [0.2, 0.25) is 0 Å². The zero-order valence-electron chi connectivity index (χ0n) is 18.6. The number of methoxy groups -OCH3 is 2. The van der Waals surface area contributed by atoms with Crippen LogP contribution in [0.5, 0.6) is 11.5 Å². The first kappa shape index (κ1) is 21.9. The van der Waals surface area contributed by atoms with Crippen LogP contribution in [0.1, 0.15) is 24.0 Å². The van der Waals surface area contributed by atoms with Crippen molar-refractivity contribution < 1.29 is 24.2 Å². The first-order valence-corrected chi connectivity index (χ1v) is 10.8. The predicted octanol–water partition coefficient (Wildman–Crippen LogP) is 3.00. The normalized spacial score (nSPS) is 19.1. The number of ether oxygens (including phenoxy) is 2. The molecule has 2 aromatic rings. The third-order valence-electron chi connectivity index (χ3n) is 6.12. The van der Waals surface area contributed by atoms with Crippen molar-refractivity contribution in [1.29, 1.82) is 0 Å². The van der Waals surface area contributed by atoms with Crippen LogP contribution in [-0.2, 0) is 9.59 Å². The number of hydrogen-bond donors (Lipinski definition) is 1. The largest absolute Gasteiger partial charge is 0.493 e. The van der Waals surface area contributed by atoms with Crippen LogP contribution in [0.2, 0.25) is 0 Å². The number of anilines is 1. The molecule has 0 aromatic heterocycles. The predicted molar refractivity (Wildman–Crippen MR) is 122 cm³/mol. The minimum absolute atomic E-state index is 0.0548. The van der Waals surface area contributed by atoms with E-state index in [1.165, 1.54) is 12.0 Å². The molecule has 1 N–H and O–H groups in total. The highest BCUT2D eigenvalue weighted by atomic mass is 16.5. The number of benzene rings is 2. The molecular formula is C25H28N2O5. The van der Waals surface area contributed by atoms with Crippen molar-refractivity contribution in [2.75, 3.05) is 38.8 Å². The minimum Gasteiger partial charge on any atom is -0.493 e. The summed E-state index contributed by atoms with van der Waals surface area (Å²) in [6, 6.07) is 12.6. The van der Waals surface area contributed by atoms with Gasteiger partial charge >= 0.3 is 0 Å². The highest BCUT2D eigenvalue weighted by molar-refractivity contribution is 6.45. The molecule has 2 aliphatic rings. The number of carbonyl (C=O) groups is 2. The Bertz CT molecular complexity index is 1060. The molecular weight excluding hydrogens is 408 g/mol. The monoisotopic (exact) mass is 436 g/mol. The van der Waals surface area contributed by atoms with Gasteiger partial charge in [-0.1, -0.05) is 23.8 Å². The summed E-state index contributed by atoms with van der Waals surface area (Å²) in [7, 11) is 3.09. The summed E-state index contributed by atoms with van der Waals surface area (Å²) in [6.45, 7) is 3.20. The van der Waals surface area contributed by atoms with Gasteiger partial charge in [-0.05, 0) is 55.5 Å². The minimum atomic E-state index is -0.368. The molecule has 0 aliphatic carbocycles. The van der Waals surface area contributed by atoms with Crippen molar-refractivity contribution >= 4 is 23.1 Å². The summed E-state index contributed by atoms with van der Waals surface area (Å²) < 4.78 is 10.8. The highest BCUT2D eigenvalue weighted by Gasteiger charge is 2.43. The molecule has 1 saturated heterocycles. The number of hydrogen-bond acceptors (Lipinski definition) is 6. The second kappa shape index (κ2) is 9.04. The van der Waals surface area contributed by atoms with Crippen LogP contribution >= 0.6 is 0 Å². The van der Waals surface area contributed by atoms with E-state index in [2.05, 4.69) is 0 Å². The van der Waals surface area contributed by atoms with Crippen LogP contribution in [0.15, 0.2) is 48.2 Å². The third-order valence-corrected chi connectivity index (χ3v) is 6.12. The average Bonchev–Trinajstić information content (AvgIpc) is 3.09. The van der Waals surface area contributed by atoms with E-state index in [9.17, 15) is 14.7 Å². The standard InChI is InChI=1S/C25H28N2O5/c1-16-6-9-19(10-7-16)27-24(29)22(18-8-11-20(31-2)21(13-18)32-3)23(25(27)30)26-12-4-5-17(14-26)15-28/h6-11,13,17,28H,4-5,12,14-15H2,1-3H3. The van der Waals surface area contributed by atoms with Gasteiger partial charge < -0.3 is 19.5 Å². The summed E-state index contributed by atoms with van der Waals surface area (Å²) in [4.78, 5) is 30.5. The average molecular weight is 437 g/mol. The van der Waals surface area contributed by atoms with E-state index in [4.69, 9.17) is 9.47 Å². The number of nitrogens with zero attached hydrogens (tertiary/aromatic N) is 2. The Morgan fingerprint density at radius 3 is 2.38 bits per heavy atom. The molecule has 0 bridgehead atoms. The maximum Gasteiger partial charge on any atom is 0.282 e. The number of aliphatic hydroxyl groups is 1. The molecule has 32 heavy (non-hydrogen) atoms. The first-order valence-electron chi connectivity index (χ1n) is 10.8. The smallest absolute Gasteiger partial charge is 0.282 e. The number of rotatable bonds is 6. The number of aliphatic hydroxyl groups excluding tert-OH is 1. The molecule has 0 spiro atoms. The van der Waals surface area contributed by atoms with Gasteiger partial charge in [0, 0.05) is 19.7 Å². The molecule has 2 aliphatic heterocycles. The molecule has 0 saturated carbocycles. The molecule has 0 radical (unpaired) electrons. The van der Waals surface area contributed by atoms with Gasteiger partial charge in [0.1, 0.15) is 5.70 Å². The van der Waals surface area contributed by atoms with Crippen molar-refractivity contribution in [2.24, 2.45) is 5.92 Å². The molecule has 7 nitrogen and oxygen atoms in total. The SMILES string of the molecule is COc1ccc(C2=C(N3CCCC(CO)C3)C(=O)N(c3ccc(C)cc3)C2=O)cc1OC. The number of aryl methyl sites for hydroxylation is 1. The third kappa shape index (κ3) is 3.84. The molecule has 4 rings (SSSR count). The molecule has 168 valence electrons. The number of imide groups is 1. The van der Waals surface area contributed by atoms with Crippen molar-refractivity contribution in [2.45, 2.75) is 19.8 Å². The summed E-state index contributed by atoms with van der Waals surface area (Å²) in [5, 5.41) is 9.70. The number of piperidine rings is 1. The lowest BCUT2D eigenvalue weighted by atomic mass is 9.96. The van der Waals surface area contributed by atoms with Crippen molar-refractivity contribution in [1.82, 2.24) is 4.90 Å². The van der Waals surface area contributed by atoms with Crippen molar-refractivity contribution in [3.63, 3.8) is 0 Å². The van der Waals surface area contributed by atoms with Crippen molar-refractivity contribution in [3.8, 4) is 11.5 Å². The fourth-order valence-corrected chi connectivity index (χ4v) is 4.41. The Labute approximate surface area is 187 Å². The van der Waals surface area contributed by atoms with Crippen LogP contribution in [0, 0.1) is 12.8 Å². The van der Waals surface area contributed by atoms with E-state index < -0.39 is 0 Å². The van der Waals surface area contributed by atoms with Crippen LogP contribution in [0.3, 0.4) is 0 Å². The lowest BCUT2D eigenvalue weighted by molar-refractivity contribution is -0.120. The van der Waals surface area contributed by atoms with E-state index in [0.717, 1.165) is 18.4 Å². The van der Waals surface area contributed by atoms with E-state index in [1.807, 2.05) is 24.0 Å². The maximum atomic E-state index is 13.7. The van der Waals surface area contributed by atoms with Crippen LogP contribution in [0.25, 0.3) is 5.57 Å². The fraction of sp³-hybridized carbons (Fsp3) is 0.360. The Morgan fingerprint density at radius 2 is 1.72 bits per heavy atom. The molecule has 1 atom stereocenters. The molecule has 2 aromatic carbocycles. The van der Waals surface area contributed by atoms with E-state index in [1.54, 1.807) is 37.4 Å². The van der Waals surface area contributed by atoms with Crippen LogP contribution < -0.4 is 14.4 Å². The summed E-state index contributed by atoms with van der Waals surface area (Å²) in [5.74, 6) is 0.385. The Balaban J connectivity index is 1.84. The van der Waals surface area contributed by atoms with E-state index >= 15 is 0 Å². The fourth-order valence-electron chi connectivity index (χ4n) is 4.41. The molecule has 1 fully saturated rings. The molecule has 7 heteroatoms. The van der Waals surface area contributed by atoms with Gasteiger partial charge in [-0.15, -0.1) is 0 Å². The van der Waals surface area contributed by atoms with E-state index in [-0.39, 0.29) is 24.3 Å².